The van der Waals surface area contributed by atoms with E-state index >= 15 is 0 Å². The van der Waals surface area contributed by atoms with Gasteiger partial charge in [-0.3, -0.25) is 0 Å². The summed E-state index contributed by atoms with van der Waals surface area (Å²) in [6.45, 7) is 3.59. The molecular weight excluding hydrogens is 226 g/mol. The number of aliphatic hydroxyl groups excluding tert-OH is 1. The molecule has 0 bridgehead atoms. The molecule has 0 saturated carbocycles. The molecule has 2 fully saturated rings. The molecule has 1 unspecified atom stereocenters. The van der Waals surface area contributed by atoms with Gasteiger partial charge in [0.1, 0.15) is 18.3 Å². The summed E-state index contributed by atoms with van der Waals surface area (Å²) in [6.07, 6.45) is 1.94. The predicted octanol–water partition coefficient (Wildman–Crippen LogP) is -0.312. The molecule has 1 N–H and O–H groups in total. The zero-order valence-corrected chi connectivity index (χ0v) is 9.68. The van der Waals surface area contributed by atoms with E-state index in [1.165, 1.54) is 0 Å². The number of aromatic nitrogens is 3. The molecule has 0 aromatic carbocycles. The third kappa shape index (κ3) is 1.75. The maximum atomic E-state index is 9.29. The largest absolute Gasteiger partial charge is 0.394 e. The van der Waals surface area contributed by atoms with Crippen LogP contribution in [0.2, 0.25) is 0 Å². The van der Waals surface area contributed by atoms with Crippen LogP contribution in [0.15, 0.2) is 12.4 Å². The number of rotatable bonds is 2. The van der Waals surface area contributed by atoms with Crippen LogP contribution in [-0.2, 0) is 14.2 Å². The third-order valence-electron chi connectivity index (χ3n) is 3.01. The number of fused-ring (bicyclic) bond motifs is 1. The molecule has 0 amide bonds. The minimum Gasteiger partial charge on any atom is -0.394 e. The average Bonchev–Trinajstić information content (AvgIpc) is 2.91. The van der Waals surface area contributed by atoms with Gasteiger partial charge in [0.2, 0.25) is 0 Å². The summed E-state index contributed by atoms with van der Waals surface area (Å²) in [5.41, 5.74) is 0. The summed E-state index contributed by atoms with van der Waals surface area (Å²) >= 11 is 0. The molecule has 7 heteroatoms. The fourth-order valence-corrected chi connectivity index (χ4v) is 2.37. The average molecular weight is 241 g/mol. The number of nitrogens with zero attached hydrogens (tertiary/aromatic N) is 3. The Morgan fingerprint density at radius 3 is 2.76 bits per heavy atom. The summed E-state index contributed by atoms with van der Waals surface area (Å²) < 4.78 is 18.8. The van der Waals surface area contributed by atoms with Crippen LogP contribution in [0, 0.1) is 0 Å². The molecule has 1 aromatic heterocycles. The van der Waals surface area contributed by atoms with E-state index in [1.54, 1.807) is 17.1 Å². The van der Waals surface area contributed by atoms with E-state index < -0.39 is 18.1 Å². The fourth-order valence-electron chi connectivity index (χ4n) is 2.37. The zero-order chi connectivity index (χ0) is 12.0. The Labute approximate surface area is 98.3 Å². The van der Waals surface area contributed by atoms with Crippen molar-refractivity contribution in [2.24, 2.45) is 0 Å². The standard InChI is InChI=1S/C10H15N3O4/c1-10(2)16-7-6(5-14)15-9(8(7)17-10)13-4-3-11-12-13/h3-4,6-9,14H,5H2,1-2H3/t6-,7?,8+,9-/m1/s1. The minimum atomic E-state index is -0.661. The Hall–Kier alpha value is -1.02. The quantitative estimate of drug-likeness (QED) is 0.765. The van der Waals surface area contributed by atoms with Crippen LogP contribution in [0.25, 0.3) is 0 Å². The first-order chi connectivity index (χ1) is 8.11. The van der Waals surface area contributed by atoms with Crippen molar-refractivity contribution in [1.29, 1.82) is 0 Å². The van der Waals surface area contributed by atoms with Crippen molar-refractivity contribution in [3.8, 4) is 0 Å². The molecule has 0 radical (unpaired) electrons. The van der Waals surface area contributed by atoms with E-state index in [1.807, 2.05) is 13.8 Å². The first-order valence-electron chi connectivity index (χ1n) is 5.58. The molecule has 1 aromatic rings. The van der Waals surface area contributed by atoms with Crippen LogP contribution in [0.5, 0.6) is 0 Å². The highest BCUT2D eigenvalue weighted by atomic mass is 16.8. The summed E-state index contributed by atoms with van der Waals surface area (Å²) in [6, 6.07) is 0. The lowest BCUT2D eigenvalue weighted by molar-refractivity contribution is -0.201. The second kappa shape index (κ2) is 3.74. The lowest BCUT2D eigenvalue weighted by atomic mass is 10.1. The van der Waals surface area contributed by atoms with E-state index in [-0.39, 0.29) is 18.8 Å². The summed E-state index contributed by atoms with van der Waals surface area (Å²) in [5, 5.41) is 16.9. The molecule has 2 aliphatic rings. The molecule has 4 atom stereocenters. The van der Waals surface area contributed by atoms with Crippen molar-refractivity contribution in [3.05, 3.63) is 12.4 Å². The van der Waals surface area contributed by atoms with Crippen LogP contribution in [0.1, 0.15) is 20.1 Å². The monoisotopic (exact) mass is 241 g/mol. The SMILES string of the molecule is CC1(C)OC2[C@@H](CO)O[C@@H](n3ccnn3)[C@H]2O1. The summed E-state index contributed by atoms with van der Waals surface area (Å²) in [7, 11) is 0. The van der Waals surface area contributed by atoms with Crippen molar-refractivity contribution in [1.82, 2.24) is 15.0 Å². The fraction of sp³-hybridized carbons (Fsp3) is 0.800. The number of hydrogen-bond acceptors (Lipinski definition) is 6. The van der Waals surface area contributed by atoms with Crippen molar-refractivity contribution in [2.45, 2.75) is 44.2 Å². The van der Waals surface area contributed by atoms with Gasteiger partial charge in [-0.2, -0.15) is 0 Å². The zero-order valence-electron chi connectivity index (χ0n) is 9.68. The highest BCUT2D eigenvalue weighted by Gasteiger charge is 2.55. The van der Waals surface area contributed by atoms with Gasteiger partial charge in [-0.25, -0.2) is 4.68 Å². The third-order valence-corrected chi connectivity index (χ3v) is 3.01. The highest BCUT2D eigenvalue weighted by molar-refractivity contribution is 4.96. The molecule has 7 nitrogen and oxygen atoms in total. The topological polar surface area (TPSA) is 78.6 Å². The number of hydrogen-bond donors (Lipinski definition) is 1. The maximum Gasteiger partial charge on any atom is 0.181 e. The lowest BCUT2D eigenvalue weighted by Gasteiger charge is -2.23. The van der Waals surface area contributed by atoms with Gasteiger partial charge in [0.25, 0.3) is 0 Å². The number of aliphatic hydroxyl groups is 1. The van der Waals surface area contributed by atoms with Crippen molar-refractivity contribution >= 4 is 0 Å². The van der Waals surface area contributed by atoms with Crippen LogP contribution < -0.4 is 0 Å². The molecule has 94 valence electrons. The normalized spacial score (nSPS) is 39.5. The molecule has 2 saturated heterocycles. The van der Waals surface area contributed by atoms with E-state index in [4.69, 9.17) is 14.2 Å². The van der Waals surface area contributed by atoms with E-state index in [2.05, 4.69) is 10.3 Å². The summed E-state index contributed by atoms with van der Waals surface area (Å²) in [4.78, 5) is 0. The molecular formula is C10H15N3O4. The van der Waals surface area contributed by atoms with Crippen LogP contribution >= 0.6 is 0 Å². The van der Waals surface area contributed by atoms with Gasteiger partial charge in [0, 0.05) is 6.20 Å². The smallest absolute Gasteiger partial charge is 0.181 e. The van der Waals surface area contributed by atoms with Gasteiger partial charge in [-0.05, 0) is 13.8 Å². The Balaban J connectivity index is 1.88. The Morgan fingerprint density at radius 2 is 2.12 bits per heavy atom. The molecule has 3 rings (SSSR count). The van der Waals surface area contributed by atoms with Crippen LogP contribution in [0.4, 0.5) is 0 Å². The van der Waals surface area contributed by atoms with E-state index in [0.29, 0.717) is 0 Å². The van der Waals surface area contributed by atoms with Crippen molar-refractivity contribution in [3.63, 3.8) is 0 Å². The maximum absolute atomic E-state index is 9.29. The second-order valence-electron chi connectivity index (χ2n) is 4.70. The van der Waals surface area contributed by atoms with Crippen molar-refractivity contribution < 1.29 is 19.3 Å². The Bertz CT molecular complexity index is 394. The molecule has 17 heavy (non-hydrogen) atoms. The van der Waals surface area contributed by atoms with Crippen molar-refractivity contribution in [2.75, 3.05) is 6.61 Å². The van der Waals surface area contributed by atoms with E-state index in [0.717, 1.165) is 0 Å². The van der Waals surface area contributed by atoms with Crippen LogP contribution in [-0.4, -0.2) is 50.8 Å². The Kier molecular flexibility index (Phi) is 2.44. The van der Waals surface area contributed by atoms with Gasteiger partial charge in [0.05, 0.1) is 12.8 Å². The second-order valence-corrected chi connectivity index (χ2v) is 4.70. The molecule has 0 spiro atoms. The first-order valence-corrected chi connectivity index (χ1v) is 5.58. The molecule has 2 aliphatic heterocycles. The summed E-state index contributed by atoms with van der Waals surface area (Å²) in [5.74, 6) is -0.661. The lowest BCUT2D eigenvalue weighted by Crippen LogP contribution is -2.31. The highest BCUT2D eigenvalue weighted by Crippen LogP contribution is 2.42. The van der Waals surface area contributed by atoms with Gasteiger partial charge >= 0.3 is 0 Å². The van der Waals surface area contributed by atoms with E-state index in [9.17, 15) is 5.11 Å². The van der Waals surface area contributed by atoms with Gasteiger partial charge in [0.15, 0.2) is 12.0 Å². The predicted molar refractivity (Wildman–Crippen MR) is 54.8 cm³/mol. The minimum absolute atomic E-state index is 0.105. The van der Waals surface area contributed by atoms with Gasteiger partial charge in [-0.1, -0.05) is 5.21 Å². The van der Waals surface area contributed by atoms with Gasteiger partial charge < -0.3 is 19.3 Å². The van der Waals surface area contributed by atoms with Gasteiger partial charge in [-0.15, -0.1) is 5.10 Å². The first kappa shape index (κ1) is 11.1. The number of ether oxygens (including phenoxy) is 3. The molecule has 0 aliphatic carbocycles. The molecule has 3 heterocycles. The Morgan fingerprint density at radius 1 is 1.35 bits per heavy atom. The van der Waals surface area contributed by atoms with Crippen LogP contribution in [0.3, 0.4) is 0 Å².